The zero-order chi connectivity index (χ0) is 12.3. The number of likely N-dealkylation sites (tertiary alicyclic amines) is 1. The van der Waals surface area contributed by atoms with Crippen LogP contribution >= 0.6 is 0 Å². The van der Waals surface area contributed by atoms with Gasteiger partial charge >= 0.3 is 0 Å². The van der Waals surface area contributed by atoms with Gasteiger partial charge in [0.05, 0.1) is 6.61 Å². The van der Waals surface area contributed by atoms with E-state index in [4.69, 9.17) is 4.74 Å². The summed E-state index contributed by atoms with van der Waals surface area (Å²) in [5.41, 5.74) is 1.80. The fourth-order valence-corrected chi connectivity index (χ4v) is 2.20. The average molecular weight is 233 g/mol. The van der Waals surface area contributed by atoms with Gasteiger partial charge in [-0.3, -0.25) is 4.79 Å². The van der Waals surface area contributed by atoms with Crippen LogP contribution in [0, 0.1) is 6.92 Å². The van der Waals surface area contributed by atoms with Gasteiger partial charge in [-0.2, -0.15) is 0 Å². The van der Waals surface area contributed by atoms with Crippen LogP contribution < -0.4 is 4.74 Å². The van der Waals surface area contributed by atoms with Crippen LogP contribution in [-0.4, -0.2) is 30.5 Å². The Kier molecular flexibility index (Phi) is 3.67. The monoisotopic (exact) mass is 233 g/mol. The minimum atomic E-state index is 0.147. The van der Waals surface area contributed by atoms with E-state index < -0.39 is 0 Å². The van der Waals surface area contributed by atoms with Crippen molar-refractivity contribution >= 4 is 5.91 Å². The Morgan fingerprint density at radius 2 is 2.06 bits per heavy atom. The predicted molar refractivity (Wildman–Crippen MR) is 67.5 cm³/mol. The first-order valence-electron chi connectivity index (χ1n) is 6.25. The van der Waals surface area contributed by atoms with Gasteiger partial charge in [-0.15, -0.1) is 0 Å². The minimum absolute atomic E-state index is 0.147. The second-order valence-corrected chi connectivity index (χ2v) is 4.41. The summed E-state index contributed by atoms with van der Waals surface area (Å²) in [5.74, 6) is 1.01. The van der Waals surface area contributed by atoms with Crippen LogP contribution in [0.25, 0.3) is 0 Å². The Hall–Kier alpha value is -1.51. The number of ether oxygens (including phenoxy) is 1. The van der Waals surface area contributed by atoms with E-state index in [1.807, 2.05) is 36.9 Å². The fourth-order valence-electron chi connectivity index (χ4n) is 2.20. The first kappa shape index (κ1) is 12.0. The van der Waals surface area contributed by atoms with E-state index in [1.165, 1.54) is 0 Å². The molecule has 1 heterocycles. The minimum Gasteiger partial charge on any atom is -0.494 e. The molecule has 1 saturated heterocycles. The summed E-state index contributed by atoms with van der Waals surface area (Å²) >= 11 is 0. The maximum absolute atomic E-state index is 12.2. The molecule has 0 aromatic heterocycles. The van der Waals surface area contributed by atoms with Crippen molar-refractivity contribution in [1.82, 2.24) is 4.90 Å². The van der Waals surface area contributed by atoms with Gasteiger partial charge < -0.3 is 9.64 Å². The van der Waals surface area contributed by atoms with Gasteiger partial charge in [0.25, 0.3) is 5.91 Å². The van der Waals surface area contributed by atoms with Crippen molar-refractivity contribution in [1.29, 1.82) is 0 Å². The van der Waals surface area contributed by atoms with Gasteiger partial charge in [0.15, 0.2) is 0 Å². The molecule has 2 rings (SSSR count). The number of carbonyl (C=O) groups excluding carboxylic acids is 1. The predicted octanol–water partition coefficient (Wildman–Crippen LogP) is 2.63. The van der Waals surface area contributed by atoms with Crippen LogP contribution in [0.2, 0.25) is 0 Å². The molecule has 0 saturated carbocycles. The van der Waals surface area contributed by atoms with Crippen molar-refractivity contribution in [3.05, 3.63) is 29.3 Å². The Morgan fingerprint density at radius 1 is 1.35 bits per heavy atom. The number of nitrogens with zero attached hydrogens (tertiary/aromatic N) is 1. The van der Waals surface area contributed by atoms with Crippen LogP contribution in [0.3, 0.4) is 0 Å². The molecule has 1 aliphatic rings. The molecule has 1 aliphatic heterocycles. The number of carbonyl (C=O) groups is 1. The molecule has 17 heavy (non-hydrogen) atoms. The smallest absolute Gasteiger partial charge is 0.253 e. The molecule has 1 aromatic carbocycles. The van der Waals surface area contributed by atoms with Crippen LogP contribution in [0.1, 0.15) is 35.7 Å². The summed E-state index contributed by atoms with van der Waals surface area (Å²) in [6.45, 7) is 6.38. The zero-order valence-corrected chi connectivity index (χ0v) is 10.5. The highest BCUT2D eigenvalue weighted by molar-refractivity contribution is 5.94. The van der Waals surface area contributed by atoms with E-state index >= 15 is 0 Å². The summed E-state index contributed by atoms with van der Waals surface area (Å²) in [6, 6.07) is 5.67. The standard InChI is InChI=1S/C14H19NO2/c1-3-17-13-7-6-12(10-11(13)2)14(16)15-8-4-5-9-15/h6-7,10H,3-5,8-9H2,1-2H3. The van der Waals surface area contributed by atoms with Crippen molar-refractivity contribution in [3.63, 3.8) is 0 Å². The van der Waals surface area contributed by atoms with Gasteiger partial charge in [0.2, 0.25) is 0 Å². The highest BCUT2D eigenvalue weighted by atomic mass is 16.5. The first-order chi connectivity index (χ1) is 8.22. The van der Waals surface area contributed by atoms with Crippen molar-refractivity contribution in [2.24, 2.45) is 0 Å². The van der Waals surface area contributed by atoms with E-state index in [9.17, 15) is 4.79 Å². The summed E-state index contributed by atoms with van der Waals surface area (Å²) in [7, 11) is 0. The Balaban J connectivity index is 2.16. The third kappa shape index (κ3) is 2.60. The molecule has 0 spiro atoms. The van der Waals surface area contributed by atoms with E-state index in [-0.39, 0.29) is 5.91 Å². The van der Waals surface area contributed by atoms with E-state index in [0.29, 0.717) is 6.61 Å². The number of hydrogen-bond donors (Lipinski definition) is 0. The van der Waals surface area contributed by atoms with Crippen LogP contribution in [0.4, 0.5) is 0 Å². The molecule has 0 radical (unpaired) electrons. The van der Waals surface area contributed by atoms with E-state index in [2.05, 4.69) is 0 Å². The number of benzene rings is 1. The molecule has 92 valence electrons. The highest BCUT2D eigenvalue weighted by Gasteiger charge is 2.19. The lowest BCUT2D eigenvalue weighted by molar-refractivity contribution is 0.0792. The highest BCUT2D eigenvalue weighted by Crippen LogP contribution is 2.21. The van der Waals surface area contributed by atoms with Gasteiger partial charge in [-0.1, -0.05) is 0 Å². The molecule has 3 heteroatoms. The number of aryl methyl sites for hydroxylation is 1. The van der Waals surface area contributed by atoms with Crippen molar-refractivity contribution in [2.75, 3.05) is 19.7 Å². The number of rotatable bonds is 3. The largest absolute Gasteiger partial charge is 0.494 e. The maximum Gasteiger partial charge on any atom is 0.253 e. The Morgan fingerprint density at radius 3 is 2.65 bits per heavy atom. The lowest BCUT2D eigenvalue weighted by Crippen LogP contribution is -2.27. The molecule has 0 unspecified atom stereocenters. The van der Waals surface area contributed by atoms with Crippen molar-refractivity contribution in [2.45, 2.75) is 26.7 Å². The molecule has 0 bridgehead atoms. The van der Waals surface area contributed by atoms with Crippen LogP contribution in [0.5, 0.6) is 5.75 Å². The van der Waals surface area contributed by atoms with Crippen molar-refractivity contribution < 1.29 is 9.53 Å². The fraction of sp³-hybridized carbons (Fsp3) is 0.500. The summed E-state index contributed by atoms with van der Waals surface area (Å²) < 4.78 is 5.47. The van der Waals surface area contributed by atoms with E-state index in [1.54, 1.807) is 0 Å². The van der Waals surface area contributed by atoms with Crippen molar-refractivity contribution in [3.8, 4) is 5.75 Å². The Labute approximate surface area is 102 Å². The van der Waals surface area contributed by atoms with Crippen LogP contribution in [-0.2, 0) is 0 Å². The summed E-state index contributed by atoms with van der Waals surface area (Å²) in [5, 5.41) is 0. The SMILES string of the molecule is CCOc1ccc(C(=O)N2CCCC2)cc1C. The van der Waals surface area contributed by atoms with Gasteiger partial charge in [0.1, 0.15) is 5.75 Å². The summed E-state index contributed by atoms with van der Waals surface area (Å²) in [4.78, 5) is 14.1. The Bertz CT molecular complexity index is 409. The molecule has 0 atom stereocenters. The first-order valence-corrected chi connectivity index (χ1v) is 6.25. The number of amides is 1. The zero-order valence-electron chi connectivity index (χ0n) is 10.5. The lowest BCUT2D eigenvalue weighted by Gasteiger charge is -2.16. The van der Waals surface area contributed by atoms with Crippen LogP contribution in [0.15, 0.2) is 18.2 Å². The quantitative estimate of drug-likeness (QED) is 0.803. The second kappa shape index (κ2) is 5.21. The second-order valence-electron chi connectivity index (χ2n) is 4.41. The lowest BCUT2D eigenvalue weighted by atomic mass is 10.1. The third-order valence-corrected chi connectivity index (χ3v) is 3.11. The molecular weight excluding hydrogens is 214 g/mol. The van der Waals surface area contributed by atoms with Gasteiger partial charge in [-0.05, 0) is 50.5 Å². The normalized spacial score (nSPS) is 15.1. The molecular formula is C14H19NO2. The van der Waals surface area contributed by atoms with Gasteiger partial charge in [0, 0.05) is 18.7 Å². The third-order valence-electron chi connectivity index (χ3n) is 3.11. The summed E-state index contributed by atoms with van der Waals surface area (Å²) in [6.07, 6.45) is 2.25. The number of hydrogen-bond acceptors (Lipinski definition) is 2. The maximum atomic E-state index is 12.2. The molecule has 3 nitrogen and oxygen atoms in total. The molecule has 1 amide bonds. The average Bonchev–Trinajstić information content (AvgIpc) is 2.84. The van der Waals surface area contributed by atoms with Gasteiger partial charge in [-0.25, -0.2) is 0 Å². The molecule has 0 N–H and O–H groups in total. The van der Waals surface area contributed by atoms with E-state index in [0.717, 1.165) is 42.8 Å². The molecule has 1 aromatic rings. The molecule has 1 fully saturated rings. The topological polar surface area (TPSA) is 29.5 Å². The molecule has 0 aliphatic carbocycles.